The van der Waals surface area contributed by atoms with E-state index in [4.69, 9.17) is 0 Å². The van der Waals surface area contributed by atoms with E-state index in [9.17, 15) is 9.59 Å². The molecular weight excluding hydrogens is 240 g/mol. The summed E-state index contributed by atoms with van der Waals surface area (Å²) in [6.45, 7) is 6.04. The molecule has 2 amide bonds. The summed E-state index contributed by atoms with van der Waals surface area (Å²) in [4.78, 5) is 23.1. The van der Waals surface area contributed by atoms with Gasteiger partial charge in [-0.05, 0) is 32.4 Å². The van der Waals surface area contributed by atoms with Crippen LogP contribution in [0, 0.1) is 6.92 Å². The first-order valence-corrected chi connectivity index (χ1v) is 6.36. The molecule has 2 N–H and O–H groups in total. The van der Waals surface area contributed by atoms with Crippen molar-refractivity contribution in [1.82, 2.24) is 10.6 Å². The summed E-state index contributed by atoms with van der Waals surface area (Å²) < 4.78 is 0. The second-order valence-electron chi connectivity index (χ2n) is 4.37. The lowest BCUT2D eigenvalue weighted by Crippen LogP contribution is -2.44. The molecule has 4 nitrogen and oxygen atoms in total. The van der Waals surface area contributed by atoms with Crippen LogP contribution in [0.15, 0.2) is 30.3 Å². The Morgan fingerprint density at radius 1 is 1.37 bits per heavy atom. The molecule has 0 aromatic heterocycles. The number of aryl methyl sites for hydroxylation is 1. The van der Waals surface area contributed by atoms with Gasteiger partial charge in [-0.2, -0.15) is 0 Å². The van der Waals surface area contributed by atoms with E-state index in [1.165, 1.54) is 6.08 Å². The van der Waals surface area contributed by atoms with Crippen LogP contribution in [0.1, 0.15) is 25.0 Å². The van der Waals surface area contributed by atoms with E-state index < -0.39 is 6.04 Å². The molecule has 19 heavy (non-hydrogen) atoms. The molecule has 1 aromatic rings. The molecule has 0 aliphatic carbocycles. The zero-order chi connectivity index (χ0) is 14.3. The van der Waals surface area contributed by atoms with Gasteiger partial charge in [-0.25, -0.2) is 0 Å². The number of hydrogen-bond donors (Lipinski definition) is 2. The van der Waals surface area contributed by atoms with Crippen molar-refractivity contribution in [3.63, 3.8) is 0 Å². The van der Waals surface area contributed by atoms with Crippen molar-refractivity contribution >= 4 is 17.9 Å². The molecule has 0 fully saturated rings. The van der Waals surface area contributed by atoms with Gasteiger partial charge in [0, 0.05) is 12.6 Å². The molecule has 0 spiro atoms. The summed E-state index contributed by atoms with van der Waals surface area (Å²) in [6, 6.07) is 7.30. The Morgan fingerprint density at radius 2 is 2.11 bits per heavy atom. The minimum absolute atomic E-state index is 0.181. The minimum Gasteiger partial charge on any atom is -0.355 e. The summed E-state index contributed by atoms with van der Waals surface area (Å²) >= 11 is 0. The Balaban J connectivity index is 2.53. The maximum absolute atomic E-state index is 11.6. The third-order valence-corrected chi connectivity index (χ3v) is 2.57. The number of carbonyl (C=O) groups excluding carboxylic acids is 2. The van der Waals surface area contributed by atoms with Gasteiger partial charge in [-0.1, -0.05) is 29.8 Å². The maximum Gasteiger partial charge on any atom is 0.244 e. The van der Waals surface area contributed by atoms with E-state index in [0.29, 0.717) is 6.54 Å². The Bertz CT molecular complexity index is 481. The van der Waals surface area contributed by atoms with Gasteiger partial charge in [-0.3, -0.25) is 9.59 Å². The molecule has 1 aromatic carbocycles. The van der Waals surface area contributed by atoms with Crippen molar-refractivity contribution in [3.8, 4) is 0 Å². The van der Waals surface area contributed by atoms with Crippen LogP contribution in [0.25, 0.3) is 6.08 Å². The number of hydrogen-bond acceptors (Lipinski definition) is 2. The Hall–Kier alpha value is -2.10. The average molecular weight is 260 g/mol. The zero-order valence-electron chi connectivity index (χ0n) is 11.6. The third-order valence-electron chi connectivity index (χ3n) is 2.57. The van der Waals surface area contributed by atoms with Crippen LogP contribution < -0.4 is 10.6 Å². The SMILES string of the molecule is CCNC(=O)[C@H](C)NC(=O)/C=C/c1cccc(C)c1. The normalized spacial score (nSPS) is 12.2. The van der Waals surface area contributed by atoms with Crippen molar-refractivity contribution in [1.29, 1.82) is 0 Å². The molecule has 102 valence electrons. The first kappa shape index (κ1) is 15.0. The van der Waals surface area contributed by atoms with Crippen LogP contribution in [-0.4, -0.2) is 24.4 Å². The van der Waals surface area contributed by atoms with E-state index >= 15 is 0 Å². The monoisotopic (exact) mass is 260 g/mol. The summed E-state index contributed by atoms with van der Waals surface area (Å²) in [5, 5.41) is 5.27. The number of carbonyl (C=O) groups is 2. The lowest BCUT2D eigenvalue weighted by atomic mass is 10.1. The molecule has 0 saturated carbocycles. The molecule has 1 atom stereocenters. The number of benzene rings is 1. The van der Waals surface area contributed by atoms with Gasteiger partial charge in [0.25, 0.3) is 0 Å². The fourth-order valence-corrected chi connectivity index (χ4v) is 1.60. The Labute approximate surface area is 113 Å². The van der Waals surface area contributed by atoms with Crippen molar-refractivity contribution in [2.45, 2.75) is 26.8 Å². The summed E-state index contributed by atoms with van der Waals surface area (Å²) in [5.41, 5.74) is 2.10. The minimum atomic E-state index is -0.533. The standard InChI is InChI=1S/C15H20N2O2/c1-4-16-15(19)12(3)17-14(18)9-8-13-7-5-6-11(2)10-13/h5-10,12H,4H2,1-3H3,(H,16,19)(H,17,18)/b9-8+/t12-/m0/s1. The fourth-order valence-electron chi connectivity index (χ4n) is 1.60. The highest BCUT2D eigenvalue weighted by Gasteiger charge is 2.12. The van der Waals surface area contributed by atoms with Crippen molar-refractivity contribution in [3.05, 3.63) is 41.5 Å². The largest absolute Gasteiger partial charge is 0.355 e. The lowest BCUT2D eigenvalue weighted by Gasteiger charge is -2.11. The van der Waals surface area contributed by atoms with E-state index in [-0.39, 0.29) is 11.8 Å². The number of rotatable bonds is 5. The zero-order valence-corrected chi connectivity index (χ0v) is 11.6. The van der Waals surface area contributed by atoms with E-state index in [0.717, 1.165) is 11.1 Å². The van der Waals surface area contributed by atoms with Crippen molar-refractivity contribution < 1.29 is 9.59 Å². The van der Waals surface area contributed by atoms with Gasteiger partial charge in [0.15, 0.2) is 0 Å². The second-order valence-corrected chi connectivity index (χ2v) is 4.37. The average Bonchev–Trinajstić information content (AvgIpc) is 2.36. The van der Waals surface area contributed by atoms with Crippen LogP contribution >= 0.6 is 0 Å². The molecule has 0 heterocycles. The summed E-state index contributed by atoms with van der Waals surface area (Å²) in [6.07, 6.45) is 3.16. The van der Waals surface area contributed by atoms with Gasteiger partial charge < -0.3 is 10.6 Å². The van der Waals surface area contributed by atoms with Gasteiger partial charge in [0.05, 0.1) is 0 Å². The van der Waals surface area contributed by atoms with E-state index in [1.54, 1.807) is 13.0 Å². The van der Waals surface area contributed by atoms with Gasteiger partial charge in [0.1, 0.15) is 6.04 Å². The highest BCUT2D eigenvalue weighted by atomic mass is 16.2. The summed E-state index contributed by atoms with van der Waals surface area (Å²) in [5.74, 6) is -0.458. The molecule has 0 saturated heterocycles. The first-order valence-electron chi connectivity index (χ1n) is 6.36. The smallest absolute Gasteiger partial charge is 0.244 e. The van der Waals surface area contributed by atoms with E-state index in [1.807, 2.05) is 38.1 Å². The molecular formula is C15H20N2O2. The van der Waals surface area contributed by atoms with Crippen LogP contribution in [0.5, 0.6) is 0 Å². The highest BCUT2D eigenvalue weighted by molar-refractivity contribution is 5.95. The van der Waals surface area contributed by atoms with Gasteiger partial charge in [-0.15, -0.1) is 0 Å². The van der Waals surface area contributed by atoms with Crippen LogP contribution in [-0.2, 0) is 9.59 Å². The summed E-state index contributed by atoms with van der Waals surface area (Å²) in [7, 11) is 0. The number of amides is 2. The fraction of sp³-hybridized carbons (Fsp3) is 0.333. The van der Waals surface area contributed by atoms with Crippen molar-refractivity contribution in [2.24, 2.45) is 0 Å². The third kappa shape index (κ3) is 5.38. The predicted molar refractivity (Wildman–Crippen MR) is 76.5 cm³/mol. The highest BCUT2D eigenvalue weighted by Crippen LogP contribution is 2.05. The van der Waals surface area contributed by atoms with Crippen LogP contribution in [0.3, 0.4) is 0 Å². The topological polar surface area (TPSA) is 58.2 Å². The van der Waals surface area contributed by atoms with Gasteiger partial charge in [0.2, 0.25) is 11.8 Å². The quantitative estimate of drug-likeness (QED) is 0.791. The molecule has 0 aliphatic heterocycles. The van der Waals surface area contributed by atoms with Crippen molar-refractivity contribution in [2.75, 3.05) is 6.54 Å². The van der Waals surface area contributed by atoms with Crippen LogP contribution in [0.4, 0.5) is 0 Å². The lowest BCUT2D eigenvalue weighted by molar-refractivity contribution is -0.126. The molecule has 0 unspecified atom stereocenters. The molecule has 0 radical (unpaired) electrons. The molecule has 0 bridgehead atoms. The predicted octanol–water partition coefficient (Wildman–Crippen LogP) is 1.65. The first-order chi connectivity index (χ1) is 9.02. The number of nitrogens with one attached hydrogen (secondary N) is 2. The van der Waals surface area contributed by atoms with Crippen LogP contribution in [0.2, 0.25) is 0 Å². The Kier molecular flexibility index (Phi) is 5.79. The molecule has 1 rings (SSSR count). The Morgan fingerprint density at radius 3 is 2.74 bits per heavy atom. The van der Waals surface area contributed by atoms with Gasteiger partial charge >= 0.3 is 0 Å². The van der Waals surface area contributed by atoms with E-state index in [2.05, 4.69) is 10.6 Å². The molecule has 0 aliphatic rings. The number of likely N-dealkylation sites (N-methyl/N-ethyl adjacent to an activating group) is 1. The maximum atomic E-state index is 11.6. The molecule has 4 heteroatoms. The second kappa shape index (κ2) is 7.36.